The zero-order valence-corrected chi connectivity index (χ0v) is 13.5. The lowest BCUT2D eigenvalue weighted by atomic mass is 9.92. The zero-order valence-electron chi connectivity index (χ0n) is 12.8. The van der Waals surface area contributed by atoms with Gasteiger partial charge in [-0.25, -0.2) is 4.39 Å². The Morgan fingerprint density at radius 1 is 1.35 bits per heavy atom. The van der Waals surface area contributed by atoms with Gasteiger partial charge in [-0.2, -0.15) is 0 Å². The number of ether oxygens (including phenoxy) is 1. The third-order valence-electron chi connectivity index (χ3n) is 4.06. The Hall–Kier alpha value is -2.07. The van der Waals surface area contributed by atoms with Crippen molar-refractivity contribution in [2.24, 2.45) is 5.92 Å². The van der Waals surface area contributed by atoms with E-state index in [-0.39, 0.29) is 22.7 Å². The summed E-state index contributed by atoms with van der Waals surface area (Å²) in [5.41, 5.74) is 2.29. The molecule has 0 spiro atoms. The van der Waals surface area contributed by atoms with Gasteiger partial charge in [0.25, 0.3) is 0 Å². The topological polar surface area (TPSA) is 29.5 Å². The van der Waals surface area contributed by atoms with E-state index in [4.69, 9.17) is 16.3 Å². The quantitative estimate of drug-likeness (QED) is 0.626. The Morgan fingerprint density at radius 2 is 2.13 bits per heavy atom. The van der Waals surface area contributed by atoms with Gasteiger partial charge in [-0.15, -0.1) is 0 Å². The van der Waals surface area contributed by atoms with E-state index >= 15 is 0 Å². The van der Waals surface area contributed by atoms with Crippen LogP contribution in [0.25, 0.3) is 0 Å². The number of carbonyl (C=O) groups excluding carboxylic acids is 1. The van der Waals surface area contributed by atoms with Gasteiger partial charge in [-0.1, -0.05) is 29.8 Å². The number of benzene rings is 2. The Labute approximate surface area is 139 Å². The van der Waals surface area contributed by atoms with Crippen LogP contribution < -0.4 is 9.64 Å². The lowest BCUT2D eigenvalue weighted by molar-refractivity contribution is -0.138. The van der Waals surface area contributed by atoms with Gasteiger partial charge >= 0.3 is 5.97 Å². The number of hydrogen-bond donors (Lipinski definition) is 0. The van der Waals surface area contributed by atoms with E-state index in [0.29, 0.717) is 13.0 Å². The van der Waals surface area contributed by atoms with Crippen LogP contribution in [0.15, 0.2) is 42.5 Å². The van der Waals surface area contributed by atoms with Crippen LogP contribution in [0.2, 0.25) is 5.02 Å². The molecule has 0 aliphatic carbocycles. The molecular formula is C18H17ClFNO2. The minimum absolute atomic E-state index is 0.00792. The Balaban J connectivity index is 1.77. The van der Waals surface area contributed by atoms with Gasteiger partial charge in [-0.05, 0) is 37.1 Å². The lowest BCUT2D eigenvalue weighted by Gasteiger charge is -2.34. The summed E-state index contributed by atoms with van der Waals surface area (Å²) in [5.74, 6) is -1.04. The molecule has 0 aromatic heterocycles. The maximum Gasteiger partial charge on any atom is 0.316 e. The molecule has 3 nitrogen and oxygen atoms in total. The first-order chi connectivity index (χ1) is 11.1. The molecule has 0 bridgehead atoms. The third kappa shape index (κ3) is 3.32. The van der Waals surface area contributed by atoms with Crippen molar-refractivity contribution < 1.29 is 13.9 Å². The highest BCUT2D eigenvalue weighted by atomic mass is 35.5. The summed E-state index contributed by atoms with van der Waals surface area (Å²) >= 11 is 5.64. The Morgan fingerprint density at radius 3 is 2.87 bits per heavy atom. The highest BCUT2D eigenvalue weighted by Crippen LogP contribution is 2.30. The summed E-state index contributed by atoms with van der Waals surface area (Å²) in [5, 5.41) is 0.00792. The van der Waals surface area contributed by atoms with Gasteiger partial charge in [-0.3, -0.25) is 4.79 Å². The van der Waals surface area contributed by atoms with E-state index in [9.17, 15) is 9.18 Å². The molecule has 1 heterocycles. The first kappa shape index (κ1) is 15.8. The minimum Gasteiger partial charge on any atom is -0.426 e. The van der Waals surface area contributed by atoms with Gasteiger partial charge in [0.1, 0.15) is 11.6 Å². The van der Waals surface area contributed by atoms with E-state index in [1.807, 2.05) is 18.2 Å². The molecule has 0 unspecified atom stereocenters. The van der Waals surface area contributed by atoms with Gasteiger partial charge in [0, 0.05) is 24.8 Å². The predicted molar refractivity (Wildman–Crippen MR) is 88.6 cm³/mol. The number of anilines is 1. The standard InChI is InChI=1S/C18H17ClFNO2/c1-2-21-11-13(9-12-5-3-4-6-17(12)21)18(22)23-14-7-8-15(19)16(20)10-14/h3-8,10,13H,2,9,11H2,1H3/t13-/m0/s1. The zero-order chi connectivity index (χ0) is 16.4. The van der Waals surface area contributed by atoms with E-state index < -0.39 is 5.82 Å². The molecule has 0 amide bonds. The number of carbonyl (C=O) groups is 1. The number of rotatable bonds is 3. The average molecular weight is 334 g/mol. The van der Waals surface area contributed by atoms with Crippen LogP contribution in [-0.2, 0) is 11.2 Å². The van der Waals surface area contributed by atoms with E-state index in [0.717, 1.165) is 23.9 Å². The molecule has 0 saturated heterocycles. The van der Waals surface area contributed by atoms with Crippen molar-refractivity contribution in [1.29, 1.82) is 0 Å². The number of halogens is 2. The molecule has 0 N–H and O–H groups in total. The molecule has 1 atom stereocenters. The minimum atomic E-state index is -0.596. The summed E-state index contributed by atoms with van der Waals surface area (Å²) in [7, 11) is 0. The number of para-hydroxylation sites is 1. The molecule has 1 aliphatic rings. The van der Waals surface area contributed by atoms with Crippen molar-refractivity contribution in [2.75, 3.05) is 18.0 Å². The molecular weight excluding hydrogens is 317 g/mol. The second-order valence-corrected chi connectivity index (χ2v) is 5.97. The number of nitrogens with zero attached hydrogens (tertiary/aromatic N) is 1. The largest absolute Gasteiger partial charge is 0.426 e. The highest BCUT2D eigenvalue weighted by molar-refractivity contribution is 6.30. The maximum absolute atomic E-state index is 13.5. The maximum atomic E-state index is 13.5. The van der Waals surface area contributed by atoms with E-state index in [2.05, 4.69) is 17.9 Å². The van der Waals surface area contributed by atoms with Gasteiger partial charge < -0.3 is 9.64 Å². The lowest BCUT2D eigenvalue weighted by Crippen LogP contribution is -2.40. The average Bonchev–Trinajstić information content (AvgIpc) is 2.57. The predicted octanol–water partition coefficient (Wildman–Crippen LogP) is 4.08. The van der Waals surface area contributed by atoms with Crippen LogP contribution in [-0.4, -0.2) is 19.1 Å². The molecule has 3 rings (SSSR count). The third-order valence-corrected chi connectivity index (χ3v) is 4.37. The number of fused-ring (bicyclic) bond motifs is 1. The first-order valence-electron chi connectivity index (χ1n) is 7.58. The van der Waals surface area contributed by atoms with E-state index in [1.165, 1.54) is 12.1 Å². The van der Waals surface area contributed by atoms with Crippen LogP contribution in [0, 0.1) is 11.7 Å². The van der Waals surface area contributed by atoms with Gasteiger partial charge in [0.05, 0.1) is 10.9 Å². The molecule has 23 heavy (non-hydrogen) atoms. The second kappa shape index (κ2) is 6.59. The summed E-state index contributed by atoms with van der Waals surface area (Å²) in [6.07, 6.45) is 0.627. The van der Waals surface area contributed by atoms with Crippen molar-refractivity contribution in [1.82, 2.24) is 0 Å². The SMILES string of the molecule is CCN1C[C@@H](C(=O)Oc2ccc(Cl)c(F)c2)Cc2ccccc21. The number of hydrogen-bond acceptors (Lipinski definition) is 3. The van der Waals surface area contributed by atoms with Crippen molar-refractivity contribution >= 4 is 23.3 Å². The van der Waals surface area contributed by atoms with Crippen LogP contribution in [0.3, 0.4) is 0 Å². The smallest absolute Gasteiger partial charge is 0.316 e. The van der Waals surface area contributed by atoms with Crippen molar-refractivity contribution in [3.63, 3.8) is 0 Å². The monoisotopic (exact) mass is 333 g/mol. The molecule has 0 fully saturated rings. The van der Waals surface area contributed by atoms with Crippen LogP contribution in [0.4, 0.5) is 10.1 Å². The molecule has 2 aromatic rings. The summed E-state index contributed by atoms with van der Waals surface area (Å²) in [4.78, 5) is 14.6. The van der Waals surface area contributed by atoms with Crippen molar-refractivity contribution in [3.05, 3.63) is 58.9 Å². The second-order valence-electron chi connectivity index (χ2n) is 5.57. The molecule has 0 saturated carbocycles. The fourth-order valence-corrected chi connectivity index (χ4v) is 3.00. The summed E-state index contributed by atoms with van der Waals surface area (Å²) in [6.45, 7) is 3.47. The van der Waals surface area contributed by atoms with Crippen LogP contribution in [0.1, 0.15) is 12.5 Å². The first-order valence-corrected chi connectivity index (χ1v) is 7.96. The fourth-order valence-electron chi connectivity index (χ4n) is 2.88. The molecule has 1 aliphatic heterocycles. The highest BCUT2D eigenvalue weighted by Gasteiger charge is 2.29. The molecule has 0 radical (unpaired) electrons. The van der Waals surface area contributed by atoms with Crippen LogP contribution in [0.5, 0.6) is 5.75 Å². The number of esters is 1. The van der Waals surface area contributed by atoms with E-state index in [1.54, 1.807) is 0 Å². The fraction of sp³-hybridized carbons (Fsp3) is 0.278. The van der Waals surface area contributed by atoms with Crippen LogP contribution >= 0.6 is 11.6 Å². The summed E-state index contributed by atoms with van der Waals surface area (Å²) < 4.78 is 18.8. The van der Waals surface area contributed by atoms with Gasteiger partial charge in [0.15, 0.2) is 0 Å². The van der Waals surface area contributed by atoms with Crippen molar-refractivity contribution in [2.45, 2.75) is 13.3 Å². The molecule has 2 aromatic carbocycles. The normalized spacial score (nSPS) is 16.8. The van der Waals surface area contributed by atoms with Gasteiger partial charge in [0.2, 0.25) is 0 Å². The summed E-state index contributed by atoms with van der Waals surface area (Å²) in [6, 6.07) is 12.1. The van der Waals surface area contributed by atoms with Crippen molar-refractivity contribution in [3.8, 4) is 5.75 Å². The molecule has 120 valence electrons. The Kier molecular flexibility index (Phi) is 4.53. The Bertz CT molecular complexity index is 735. The molecule has 5 heteroatoms.